The van der Waals surface area contributed by atoms with Crippen LogP contribution in [-0.4, -0.2) is 5.91 Å². The van der Waals surface area contributed by atoms with Crippen LogP contribution in [0.2, 0.25) is 0 Å². The molecule has 1 heterocycles. The number of nitrogens with one attached hydrogen (secondary N) is 1. The predicted octanol–water partition coefficient (Wildman–Crippen LogP) is 5.60. The van der Waals surface area contributed by atoms with Crippen LogP contribution in [0.25, 0.3) is 0 Å². The molecule has 0 saturated carbocycles. The lowest BCUT2D eigenvalue weighted by atomic mass is 10.3. The van der Waals surface area contributed by atoms with Crippen LogP contribution in [0.15, 0.2) is 37.0 Å². The van der Waals surface area contributed by atoms with Crippen molar-refractivity contribution in [2.75, 3.05) is 5.32 Å². The van der Waals surface area contributed by atoms with E-state index in [1.165, 1.54) is 11.3 Å². The van der Waals surface area contributed by atoms with Crippen LogP contribution < -0.4 is 5.32 Å². The first-order valence-electron chi connectivity index (χ1n) is 5.00. The number of para-hydroxylation sites is 1. The van der Waals surface area contributed by atoms with Gasteiger partial charge in [0, 0.05) is 8.95 Å². The van der Waals surface area contributed by atoms with Crippen molar-refractivity contribution in [2.24, 2.45) is 0 Å². The quantitative estimate of drug-likeness (QED) is 0.630. The van der Waals surface area contributed by atoms with E-state index < -0.39 is 0 Å². The number of carbonyl (C=O) groups is 1. The Morgan fingerprint density at radius 2 is 1.83 bits per heavy atom. The van der Waals surface area contributed by atoms with Crippen molar-refractivity contribution in [3.8, 4) is 0 Å². The van der Waals surface area contributed by atoms with E-state index in [4.69, 9.17) is 0 Å². The number of amides is 1. The van der Waals surface area contributed by atoms with Crippen molar-refractivity contribution in [1.82, 2.24) is 0 Å². The summed E-state index contributed by atoms with van der Waals surface area (Å²) in [6, 6.07) is 7.54. The number of carbonyl (C=O) groups excluding carboxylic acids is 1. The summed E-state index contributed by atoms with van der Waals surface area (Å²) in [5.41, 5.74) is 1.81. The molecule has 1 aromatic carbocycles. The summed E-state index contributed by atoms with van der Waals surface area (Å²) in [5, 5.41) is 2.89. The summed E-state index contributed by atoms with van der Waals surface area (Å²) in [6.45, 7) is 1.96. The van der Waals surface area contributed by atoms with Crippen LogP contribution in [0.3, 0.4) is 0 Å². The molecule has 18 heavy (non-hydrogen) atoms. The molecule has 0 saturated heterocycles. The first kappa shape index (κ1) is 14.2. The molecule has 0 spiro atoms. The number of halogens is 3. The average Bonchev–Trinajstić information content (AvgIpc) is 2.64. The summed E-state index contributed by atoms with van der Waals surface area (Å²) in [6.07, 6.45) is 0. The molecule has 1 N–H and O–H groups in total. The predicted molar refractivity (Wildman–Crippen MR) is 86.6 cm³/mol. The Balaban J connectivity index is 2.27. The van der Waals surface area contributed by atoms with Crippen LogP contribution in [0, 0.1) is 6.92 Å². The molecule has 2 nitrogen and oxygen atoms in total. The van der Waals surface area contributed by atoms with Gasteiger partial charge in [-0.25, -0.2) is 0 Å². The minimum absolute atomic E-state index is 0.110. The lowest BCUT2D eigenvalue weighted by Gasteiger charge is -2.08. The highest BCUT2D eigenvalue weighted by Gasteiger charge is 2.14. The van der Waals surface area contributed by atoms with E-state index in [1.54, 1.807) is 0 Å². The standard InChI is InChI=1S/C12H8Br3NOS/c1-6-5-9(18-11(6)15)12(17)16-10-7(13)3-2-4-8(10)14/h2-5H,1H3,(H,16,17). The molecule has 0 aliphatic rings. The third-order valence-electron chi connectivity index (χ3n) is 2.28. The van der Waals surface area contributed by atoms with Gasteiger partial charge in [-0.05, 0) is 78.5 Å². The second kappa shape index (κ2) is 5.86. The maximum atomic E-state index is 12.1. The first-order chi connectivity index (χ1) is 8.49. The van der Waals surface area contributed by atoms with Crippen molar-refractivity contribution in [3.63, 3.8) is 0 Å². The summed E-state index contributed by atoms with van der Waals surface area (Å²) in [7, 11) is 0. The van der Waals surface area contributed by atoms with Gasteiger partial charge in [-0.15, -0.1) is 11.3 Å². The van der Waals surface area contributed by atoms with E-state index in [2.05, 4.69) is 53.1 Å². The van der Waals surface area contributed by atoms with Gasteiger partial charge in [0.15, 0.2) is 0 Å². The van der Waals surface area contributed by atoms with Gasteiger partial charge >= 0.3 is 0 Å². The van der Waals surface area contributed by atoms with Gasteiger partial charge in [-0.1, -0.05) is 6.07 Å². The van der Waals surface area contributed by atoms with Crippen LogP contribution in [0.5, 0.6) is 0 Å². The zero-order chi connectivity index (χ0) is 13.3. The van der Waals surface area contributed by atoms with E-state index >= 15 is 0 Å². The monoisotopic (exact) mass is 451 g/mol. The molecule has 94 valence electrons. The molecule has 2 aromatic rings. The average molecular weight is 454 g/mol. The summed E-state index contributed by atoms with van der Waals surface area (Å²) >= 11 is 11.7. The van der Waals surface area contributed by atoms with Crippen LogP contribution in [0.4, 0.5) is 5.69 Å². The molecule has 0 atom stereocenters. The van der Waals surface area contributed by atoms with Crippen molar-refractivity contribution < 1.29 is 4.79 Å². The van der Waals surface area contributed by atoms with E-state index in [-0.39, 0.29) is 5.91 Å². The fourth-order valence-electron chi connectivity index (χ4n) is 1.36. The minimum Gasteiger partial charge on any atom is -0.319 e. The third kappa shape index (κ3) is 3.04. The first-order valence-corrected chi connectivity index (χ1v) is 8.20. The maximum Gasteiger partial charge on any atom is 0.265 e. The van der Waals surface area contributed by atoms with Crippen LogP contribution >= 0.6 is 59.1 Å². The van der Waals surface area contributed by atoms with E-state index in [0.29, 0.717) is 4.88 Å². The number of thiophene rings is 1. The van der Waals surface area contributed by atoms with Crippen molar-refractivity contribution in [1.29, 1.82) is 0 Å². The van der Waals surface area contributed by atoms with E-state index in [1.807, 2.05) is 31.2 Å². The topological polar surface area (TPSA) is 29.1 Å². The molecule has 2 rings (SSSR count). The van der Waals surface area contributed by atoms with Gasteiger partial charge in [-0.3, -0.25) is 4.79 Å². The molecule has 6 heteroatoms. The lowest BCUT2D eigenvalue weighted by Crippen LogP contribution is -2.11. The number of aryl methyl sites for hydroxylation is 1. The number of hydrogen-bond donors (Lipinski definition) is 1. The molecule has 0 aliphatic carbocycles. The number of benzene rings is 1. The smallest absolute Gasteiger partial charge is 0.265 e. The highest BCUT2D eigenvalue weighted by molar-refractivity contribution is 9.11. The summed E-state index contributed by atoms with van der Waals surface area (Å²) in [4.78, 5) is 12.8. The molecular weight excluding hydrogens is 446 g/mol. The molecule has 0 unspecified atom stereocenters. The van der Waals surface area contributed by atoms with Gasteiger partial charge in [0.05, 0.1) is 14.4 Å². The third-order valence-corrected chi connectivity index (χ3v) is 5.74. The molecular formula is C12H8Br3NOS. The highest BCUT2D eigenvalue weighted by atomic mass is 79.9. The zero-order valence-corrected chi connectivity index (χ0v) is 14.8. The Kier molecular flexibility index (Phi) is 4.64. The van der Waals surface area contributed by atoms with E-state index in [9.17, 15) is 4.79 Å². The number of hydrogen-bond acceptors (Lipinski definition) is 2. The molecule has 0 bridgehead atoms. The fourth-order valence-corrected chi connectivity index (χ4v) is 3.99. The van der Waals surface area contributed by atoms with Gasteiger partial charge in [0.25, 0.3) is 5.91 Å². The Morgan fingerprint density at radius 3 is 2.33 bits per heavy atom. The van der Waals surface area contributed by atoms with Gasteiger partial charge < -0.3 is 5.32 Å². The normalized spacial score (nSPS) is 10.4. The number of rotatable bonds is 2. The lowest BCUT2D eigenvalue weighted by molar-refractivity contribution is 0.103. The van der Waals surface area contributed by atoms with E-state index in [0.717, 1.165) is 24.0 Å². The Bertz CT molecular complexity index is 570. The van der Waals surface area contributed by atoms with Gasteiger partial charge in [0.1, 0.15) is 0 Å². The maximum absolute atomic E-state index is 12.1. The Morgan fingerprint density at radius 1 is 1.22 bits per heavy atom. The second-order valence-corrected chi connectivity index (χ2v) is 7.70. The molecule has 0 radical (unpaired) electrons. The van der Waals surface area contributed by atoms with Crippen molar-refractivity contribution in [2.45, 2.75) is 6.92 Å². The summed E-state index contributed by atoms with van der Waals surface area (Å²) in [5.74, 6) is -0.110. The van der Waals surface area contributed by atoms with Crippen molar-refractivity contribution in [3.05, 3.63) is 47.4 Å². The Hall–Kier alpha value is -0.170. The van der Waals surface area contributed by atoms with Crippen LogP contribution in [0.1, 0.15) is 15.2 Å². The van der Waals surface area contributed by atoms with Crippen LogP contribution in [-0.2, 0) is 0 Å². The molecule has 0 aliphatic heterocycles. The SMILES string of the molecule is Cc1cc(C(=O)Nc2c(Br)cccc2Br)sc1Br. The fraction of sp³-hybridized carbons (Fsp3) is 0.0833. The van der Waals surface area contributed by atoms with Gasteiger partial charge in [-0.2, -0.15) is 0 Å². The largest absolute Gasteiger partial charge is 0.319 e. The Labute approximate surface area is 134 Å². The highest BCUT2D eigenvalue weighted by Crippen LogP contribution is 2.32. The van der Waals surface area contributed by atoms with Crippen molar-refractivity contribution >= 4 is 70.7 Å². The zero-order valence-electron chi connectivity index (χ0n) is 9.26. The number of anilines is 1. The molecule has 1 amide bonds. The molecule has 1 aromatic heterocycles. The van der Waals surface area contributed by atoms with Gasteiger partial charge in [0.2, 0.25) is 0 Å². The summed E-state index contributed by atoms with van der Waals surface area (Å²) < 4.78 is 2.67. The second-order valence-electron chi connectivity index (χ2n) is 3.62. The molecule has 0 fully saturated rings. The minimum atomic E-state index is -0.110.